The molecule has 25 heavy (non-hydrogen) atoms. The van der Waals surface area contributed by atoms with Gasteiger partial charge < -0.3 is 19.5 Å². The van der Waals surface area contributed by atoms with Crippen molar-refractivity contribution in [2.75, 3.05) is 31.1 Å². The Labute approximate surface area is 146 Å². The molecule has 0 radical (unpaired) electrons. The number of aromatic nitrogens is 2. The number of anilines is 1. The van der Waals surface area contributed by atoms with Crippen LogP contribution in [0.4, 0.5) is 5.69 Å². The molecule has 4 rings (SSSR count). The van der Waals surface area contributed by atoms with E-state index in [1.54, 1.807) is 0 Å². The number of hydrogen-bond acceptors (Lipinski definition) is 6. The first-order valence-corrected chi connectivity index (χ1v) is 8.88. The summed E-state index contributed by atoms with van der Waals surface area (Å²) < 4.78 is 10.6. The highest BCUT2D eigenvalue weighted by Gasteiger charge is 2.20. The van der Waals surface area contributed by atoms with Crippen LogP contribution >= 0.6 is 0 Å². The van der Waals surface area contributed by atoms with E-state index in [1.165, 1.54) is 18.5 Å². The smallest absolute Gasteiger partial charge is 0.316 e. The van der Waals surface area contributed by atoms with E-state index in [0.717, 1.165) is 38.1 Å². The van der Waals surface area contributed by atoms with Gasteiger partial charge in [-0.2, -0.15) is 4.98 Å². The van der Waals surface area contributed by atoms with Gasteiger partial charge >= 0.3 is 11.8 Å². The molecule has 132 valence electrons. The first-order chi connectivity index (χ1) is 12.3. The van der Waals surface area contributed by atoms with Crippen LogP contribution in [-0.4, -0.2) is 48.4 Å². The van der Waals surface area contributed by atoms with E-state index in [-0.39, 0.29) is 17.9 Å². The van der Waals surface area contributed by atoms with Gasteiger partial charge in [-0.3, -0.25) is 4.79 Å². The van der Waals surface area contributed by atoms with Gasteiger partial charge in [0.25, 0.3) is 0 Å². The van der Waals surface area contributed by atoms with Crippen molar-refractivity contribution in [3.8, 4) is 11.4 Å². The average molecular weight is 342 g/mol. The fourth-order valence-electron chi connectivity index (χ4n) is 3.32. The summed E-state index contributed by atoms with van der Waals surface area (Å²) in [5, 5.41) is 6.71. The highest BCUT2D eigenvalue weighted by atomic mass is 16.5. The molecule has 7 heteroatoms. The molecule has 7 nitrogen and oxygen atoms in total. The van der Waals surface area contributed by atoms with Gasteiger partial charge in [-0.1, -0.05) is 5.16 Å². The summed E-state index contributed by atoms with van der Waals surface area (Å²) in [6.45, 7) is 3.45. The number of rotatable bonds is 5. The Balaban J connectivity index is 1.39. The van der Waals surface area contributed by atoms with Crippen molar-refractivity contribution < 1.29 is 14.1 Å². The molecule has 0 spiro atoms. The Morgan fingerprint density at radius 3 is 2.72 bits per heavy atom. The molecule has 2 fully saturated rings. The van der Waals surface area contributed by atoms with Gasteiger partial charge in [-0.15, -0.1) is 0 Å². The van der Waals surface area contributed by atoms with E-state index in [1.807, 2.05) is 12.1 Å². The average Bonchev–Trinajstić information content (AvgIpc) is 3.42. The van der Waals surface area contributed by atoms with Gasteiger partial charge in [0.15, 0.2) is 0 Å². The molecule has 2 aromatic rings. The fourth-order valence-corrected chi connectivity index (χ4v) is 3.32. The van der Waals surface area contributed by atoms with Crippen molar-refractivity contribution in [3.63, 3.8) is 0 Å². The number of amides is 1. The molecular weight excluding hydrogens is 320 g/mol. The number of benzene rings is 1. The minimum Gasteiger partial charge on any atom is -0.376 e. The molecule has 1 aromatic heterocycles. The predicted molar refractivity (Wildman–Crippen MR) is 92.5 cm³/mol. The zero-order valence-electron chi connectivity index (χ0n) is 14.1. The normalized spacial score (nSPS) is 20.2. The topological polar surface area (TPSA) is 80.5 Å². The molecule has 2 aliphatic heterocycles. The first-order valence-electron chi connectivity index (χ1n) is 8.88. The number of nitrogens with zero attached hydrogens (tertiary/aromatic N) is 3. The summed E-state index contributed by atoms with van der Waals surface area (Å²) in [5.41, 5.74) is 2.05. The SMILES string of the molecule is O=C(NC[C@@H]1CCCO1)c1nc(-c2ccc(N3CCCC3)cc2)no1. The lowest BCUT2D eigenvalue weighted by Gasteiger charge is -2.17. The van der Waals surface area contributed by atoms with Crippen LogP contribution in [0.1, 0.15) is 36.4 Å². The molecule has 1 N–H and O–H groups in total. The minimum absolute atomic E-state index is 0.0170. The lowest BCUT2D eigenvalue weighted by atomic mass is 10.2. The zero-order chi connectivity index (χ0) is 17.1. The third kappa shape index (κ3) is 3.66. The number of ether oxygens (including phenoxy) is 1. The summed E-state index contributed by atoms with van der Waals surface area (Å²) in [6, 6.07) is 8.06. The van der Waals surface area contributed by atoms with Crippen LogP contribution in [0.3, 0.4) is 0 Å². The van der Waals surface area contributed by atoms with E-state index in [4.69, 9.17) is 9.26 Å². The second-order valence-electron chi connectivity index (χ2n) is 6.51. The molecule has 1 amide bonds. The number of nitrogens with one attached hydrogen (secondary N) is 1. The Bertz CT molecular complexity index is 716. The van der Waals surface area contributed by atoms with Gasteiger partial charge in [-0.05, 0) is 49.9 Å². The predicted octanol–water partition coefficient (Wildman–Crippen LogP) is 2.25. The highest BCUT2D eigenvalue weighted by molar-refractivity contribution is 5.89. The van der Waals surface area contributed by atoms with Crippen molar-refractivity contribution in [2.45, 2.75) is 31.8 Å². The molecule has 0 saturated carbocycles. The van der Waals surface area contributed by atoms with Crippen LogP contribution in [0.5, 0.6) is 0 Å². The quantitative estimate of drug-likeness (QED) is 0.898. The van der Waals surface area contributed by atoms with Crippen LogP contribution in [0.25, 0.3) is 11.4 Å². The van der Waals surface area contributed by atoms with Crippen molar-refractivity contribution in [1.29, 1.82) is 0 Å². The van der Waals surface area contributed by atoms with E-state index in [2.05, 4.69) is 32.5 Å². The summed E-state index contributed by atoms with van der Waals surface area (Å²) >= 11 is 0. The number of hydrogen-bond donors (Lipinski definition) is 1. The Morgan fingerprint density at radius 2 is 2.00 bits per heavy atom. The third-order valence-corrected chi connectivity index (χ3v) is 4.73. The zero-order valence-corrected chi connectivity index (χ0v) is 14.1. The molecule has 0 unspecified atom stereocenters. The summed E-state index contributed by atoms with van der Waals surface area (Å²) in [5.74, 6) is 0.0507. The van der Waals surface area contributed by atoms with Gasteiger partial charge in [0, 0.05) is 37.5 Å². The van der Waals surface area contributed by atoms with Crippen LogP contribution in [0.15, 0.2) is 28.8 Å². The molecule has 1 atom stereocenters. The van der Waals surface area contributed by atoms with Crippen LogP contribution in [0, 0.1) is 0 Å². The van der Waals surface area contributed by atoms with Crippen LogP contribution in [0.2, 0.25) is 0 Å². The van der Waals surface area contributed by atoms with E-state index < -0.39 is 0 Å². The molecular formula is C18H22N4O3. The van der Waals surface area contributed by atoms with Gasteiger partial charge in [0.2, 0.25) is 5.82 Å². The van der Waals surface area contributed by atoms with Crippen LogP contribution < -0.4 is 10.2 Å². The second-order valence-corrected chi connectivity index (χ2v) is 6.51. The number of carbonyl (C=O) groups excluding carboxylic acids is 1. The van der Waals surface area contributed by atoms with Gasteiger partial charge in [-0.25, -0.2) is 0 Å². The maximum atomic E-state index is 12.1. The first kappa shape index (κ1) is 16.1. The lowest BCUT2D eigenvalue weighted by molar-refractivity contribution is 0.0822. The van der Waals surface area contributed by atoms with E-state index in [9.17, 15) is 4.79 Å². The van der Waals surface area contributed by atoms with Crippen molar-refractivity contribution in [1.82, 2.24) is 15.5 Å². The molecule has 2 aliphatic rings. The van der Waals surface area contributed by atoms with Crippen molar-refractivity contribution in [2.24, 2.45) is 0 Å². The molecule has 3 heterocycles. The largest absolute Gasteiger partial charge is 0.376 e. The highest BCUT2D eigenvalue weighted by Crippen LogP contribution is 2.24. The summed E-state index contributed by atoms with van der Waals surface area (Å²) in [4.78, 5) is 18.7. The lowest BCUT2D eigenvalue weighted by Crippen LogP contribution is -2.31. The monoisotopic (exact) mass is 342 g/mol. The Kier molecular flexibility index (Phi) is 4.65. The fraction of sp³-hybridized carbons (Fsp3) is 0.500. The van der Waals surface area contributed by atoms with Gasteiger partial charge in [0.1, 0.15) is 0 Å². The molecule has 0 aliphatic carbocycles. The maximum Gasteiger partial charge on any atom is 0.316 e. The summed E-state index contributed by atoms with van der Waals surface area (Å²) in [6.07, 6.45) is 4.59. The Hall–Kier alpha value is -2.41. The minimum atomic E-state index is -0.358. The van der Waals surface area contributed by atoms with E-state index >= 15 is 0 Å². The number of carbonyl (C=O) groups is 1. The third-order valence-electron chi connectivity index (χ3n) is 4.73. The molecule has 1 aromatic carbocycles. The van der Waals surface area contributed by atoms with Crippen LogP contribution in [-0.2, 0) is 4.74 Å². The van der Waals surface area contributed by atoms with Gasteiger partial charge in [0.05, 0.1) is 6.10 Å². The second kappa shape index (κ2) is 7.23. The molecule has 2 saturated heterocycles. The summed E-state index contributed by atoms with van der Waals surface area (Å²) in [7, 11) is 0. The standard InChI is InChI=1S/C18H22N4O3/c23-17(19-12-15-4-3-11-24-15)18-20-16(21-25-18)13-5-7-14(8-6-13)22-9-1-2-10-22/h5-8,15H,1-4,9-12H2,(H,19,23)/t15-/m0/s1. The van der Waals surface area contributed by atoms with Crippen molar-refractivity contribution >= 4 is 11.6 Å². The van der Waals surface area contributed by atoms with E-state index in [0.29, 0.717) is 12.4 Å². The van der Waals surface area contributed by atoms with Crippen molar-refractivity contribution in [3.05, 3.63) is 30.2 Å². The Morgan fingerprint density at radius 1 is 1.20 bits per heavy atom. The molecule has 0 bridgehead atoms. The maximum absolute atomic E-state index is 12.1.